The Morgan fingerprint density at radius 1 is 1.03 bits per heavy atom. The van der Waals surface area contributed by atoms with Crippen molar-refractivity contribution in [3.8, 4) is 5.69 Å². The molecule has 30 heavy (non-hydrogen) atoms. The fraction of sp³-hybridized carbons (Fsp3) is 0.381. The summed E-state index contributed by atoms with van der Waals surface area (Å²) in [5, 5.41) is 4.84. The third kappa shape index (κ3) is 4.93. The van der Waals surface area contributed by atoms with Crippen molar-refractivity contribution in [1.82, 2.24) is 9.78 Å². The maximum atomic E-state index is 12.6. The Labute approximate surface area is 195 Å². The molecule has 0 bridgehead atoms. The predicted octanol–water partition coefficient (Wildman–Crippen LogP) is 6.75. The molecule has 0 saturated carbocycles. The number of benzene rings is 1. The second-order valence-electron chi connectivity index (χ2n) is 9.17. The minimum Gasteiger partial charge on any atom is -0.279 e. The fourth-order valence-electron chi connectivity index (χ4n) is 2.81. The Morgan fingerprint density at radius 2 is 1.63 bits per heavy atom. The normalized spacial score (nSPS) is 12.9. The SMILES string of the molecule is CC(C)(C)c1cc(C(C)(C)C)n(-c2ccc(NS(=O)(=O)c3cc(Br)c(Cl)s3)cc2)n1. The van der Waals surface area contributed by atoms with E-state index in [1.165, 1.54) is 6.07 Å². The average Bonchev–Trinajstić information content (AvgIpc) is 3.20. The molecule has 0 aliphatic rings. The lowest BCUT2D eigenvalue weighted by molar-refractivity contribution is 0.537. The topological polar surface area (TPSA) is 64.0 Å². The Balaban J connectivity index is 1.93. The van der Waals surface area contributed by atoms with Crippen molar-refractivity contribution < 1.29 is 8.42 Å². The lowest BCUT2D eigenvalue weighted by Gasteiger charge is -2.20. The van der Waals surface area contributed by atoms with E-state index in [9.17, 15) is 8.42 Å². The molecule has 1 N–H and O–H groups in total. The zero-order valence-corrected chi connectivity index (χ0v) is 21.7. The lowest BCUT2D eigenvalue weighted by Crippen LogP contribution is -2.17. The molecule has 0 aliphatic heterocycles. The molecule has 0 aliphatic carbocycles. The summed E-state index contributed by atoms with van der Waals surface area (Å²) in [5.74, 6) is 0. The van der Waals surface area contributed by atoms with Crippen LogP contribution in [0.2, 0.25) is 4.34 Å². The van der Waals surface area contributed by atoms with Gasteiger partial charge in [-0.1, -0.05) is 53.1 Å². The molecular formula is C21H25BrClN3O2S2. The molecular weight excluding hydrogens is 506 g/mol. The van der Waals surface area contributed by atoms with Crippen molar-refractivity contribution in [1.29, 1.82) is 0 Å². The van der Waals surface area contributed by atoms with E-state index in [0.717, 1.165) is 28.4 Å². The number of halogens is 2. The molecule has 3 aromatic rings. The van der Waals surface area contributed by atoms with Gasteiger partial charge in [0.2, 0.25) is 0 Å². The van der Waals surface area contributed by atoms with Gasteiger partial charge < -0.3 is 0 Å². The maximum Gasteiger partial charge on any atom is 0.271 e. The van der Waals surface area contributed by atoms with Gasteiger partial charge in [0.25, 0.3) is 10.0 Å². The van der Waals surface area contributed by atoms with Crippen LogP contribution in [0.25, 0.3) is 5.69 Å². The van der Waals surface area contributed by atoms with Gasteiger partial charge in [-0.25, -0.2) is 13.1 Å². The number of nitrogens with zero attached hydrogens (tertiary/aromatic N) is 2. The summed E-state index contributed by atoms with van der Waals surface area (Å²) in [6.07, 6.45) is 0. The Kier molecular flexibility index (Phi) is 6.19. The van der Waals surface area contributed by atoms with Crippen LogP contribution in [0.3, 0.4) is 0 Å². The highest BCUT2D eigenvalue weighted by atomic mass is 79.9. The van der Waals surface area contributed by atoms with Crippen LogP contribution in [0.15, 0.2) is 45.1 Å². The molecule has 2 heterocycles. The van der Waals surface area contributed by atoms with E-state index < -0.39 is 10.0 Å². The van der Waals surface area contributed by atoms with Crippen LogP contribution in [0.5, 0.6) is 0 Å². The van der Waals surface area contributed by atoms with Gasteiger partial charge in [-0.15, -0.1) is 11.3 Å². The molecule has 1 aromatic carbocycles. The van der Waals surface area contributed by atoms with Crippen molar-refractivity contribution in [2.45, 2.75) is 56.6 Å². The zero-order valence-electron chi connectivity index (χ0n) is 17.7. The van der Waals surface area contributed by atoms with E-state index in [1.807, 2.05) is 16.8 Å². The zero-order chi connectivity index (χ0) is 22.5. The van der Waals surface area contributed by atoms with Crippen LogP contribution in [0.4, 0.5) is 5.69 Å². The number of aromatic nitrogens is 2. The fourth-order valence-corrected chi connectivity index (χ4v) is 6.17. The number of anilines is 1. The number of rotatable bonds is 4. The molecule has 0 spiro atoms. The highest BCUT2D eigenvalue weighted by Gasteiger charge is 2.26. The van der Waals surface area contributed by atoms with Gasteiger partial charge in [0.15, 0.2) is 0 Å². The molecule has 0 atom stereocenters. The van der Waals surface area contributed by atoms with Crippen molar-refractivity contribution in [3.05, 3.63) is 56.6 Å². The molecule has 9 heteroatoms. The Hall–Kier alpha value is -1.35. The van der Waals surface area contributed by atoms with Crippen LogP contribution < -0.4 is 4.72 Å². The summed E-state index contributed by atoms with van der Waals surface area (Å²) in [6.45, 7) is 12.9. The minimum atomic E-state index is -3.71. The van der Waals surface area contributed by atoms with Gasteiger partial charge in [0, 0.05) is 26.7 Å². The van der Waals surface area contributed by atoms with E-state index in [-0.39, 0.29) is 15.0 Å². The highest BCUT2D eigenvalue weighted by molar-refractivity contribution is 9.10. The smallest absolute Gasteiger partial charge is 0.271 e. The van der Waals surface area contributed by atoms with Crippen molar-refractivity contribution >= 4 is 54.6 Å². The molecule has 0 radical (unpaired) electrons. The van der Waals surface area contributed by atoms with Gasteiger partial charge in [-0.05, 0) is 52.3 Å². The highest BCUT2D eigenvalue weighted by Crippen LogP contribution is 2.35. The molecule has 0 amide bonds. The number of thiophene rings is 1. The van der Waals surface area contributed by atoms with E-state index in [4.69, 9.17) is 16.7 Å². The Morgan fingerprint density at radius 3 is 2.10 bits per heavy atom. The van der Waals surface area contributed by atoms with Crippen molar-refractivity contribution in [3.63, 3.8) is 0 Å². The third-order valence-electron chi connectivity index (χ3n) is 4.50. The lowest BCUT2D eigenvalue weighted by atomic mass is 9.88. The van der Waals surface area contributed by atoms with Gasteiger partial charge >= 0.3 is 0 Å². The monoisotopic (exact) mass is 529 g/mol. The molecule has 0 fully saturated rings. The second-order valence-corrected chi connectivity index (χ2v) is 13.6. The van der Waals surface area contributed by atoms with Gasteiger partial charge in [0.05, 0.1) is 11.4 Å². The van der Waals surface area contributed by atoms with Gasteiger partial charge in [0.1, 0.15) is 8.55 Å². The number of hydrogen-bond acceptors (Lipinski definition) is 4. The van der Waals surface area contributed by atoms with Crippen molar-refractivity contribution in [2.24, 2.45) is 0 Å². The summed E-state index contributed by atoms with van der Waals surface area (Å²) in [6, 6.07) is 10.9. The summed E-state index contributed by atoms with van der Waals surface area (Å²) in [7, 11) is -3.71. The predicted molar refractivity (Wildman–Crippen MR) is 129 cm³/mol. The maximum absolute atomic E-state index is 12.6. The third-order valence-corrected chi connectivity index (χ3v) is 8.83. The first kappa shape index (κ1) is 23.3. The molecule has 2 aromatic heterocycles. The van der Waals surface area contributed by atoms with Crippen LogP contribution >= 0.6 is 38.9 Å². The molecule has 5 nitrogen and oxygen atoms in total. The molecule has 3 rings (SSSR count). The largest absolute Gasteiger partial charge is 0.279 e. The quantitative estimate of drug-likeness (QED) is 0.406. The first-order valence-electron chi connectivity index (χ1n) is 9.37. The van der Waals surface area contributed by atoms with Gasteiger partial charge in [-0.2, -0.15) is 5.10 Å². The summed E-state index contributed by atoms with van der Waals surface area (Å²) in [4.78, 5) is 0. The van der Waals surface area contributed by atoms with Crippen LogP contribution in [0, 0.1) is 0 Å². The van der Waals surface area contributed by atoms with E-state index in [1.54, 1.807) is 12.1 Å². The number of sulfonamides is 1. The van der Waals surface area contributed by atoms with Crippen LogP contribution in [0.1, 0.15) is 52.9 Å². The Bertz CT molecular complexity index is 1150. The molecule has 0 saturated heterocycles. The van der Waals surface area contributed by atoms with Crippen molar-refractivity contribution in [2.75, 3.05) is 4.72 Å². The number of hydrogen-bond donors (Lipinski definition) is 1. The van der Waals surface area contributed by atoms with Gasteiger partial charge in [-0.3, -0.25) is 4.72 Å². The number of nitrogens with one attached hydrogen (secondary N) is 1. The van der Waals surface area contributed by atoms with Crippen LogP contribution in [-0.2, 0) is 20.9 Å². The minimum absolute atomic E-state index is 0.0723. The van der Waals surface area contributed by atoms with E-state index in [0.29, 0.717) is 14.5 Å². The first-order valence-corrected chi connectivity index (χ1v) is 12.8. The molecule has 0 unspecified atom stereocenters. The first-order chi connectivity index (χ1) is 13.7. The average molecular weight is 531 g/mol. The summed E-state index contributed by atoms with van der Waals surface area (Å²) in [5.41, 5.74) is 3.29. The molecule has 162 valence electrons. The summed E-state index contributed by atoms with van der Waals surface area (Å²) < 4.78 is 30.9. The van der Waals surface area contributed by atoms with E-state index in [2.05, 4.69) is 68.3 Å². The van der Waals surface area contributed by atoms with E-state index >= 15 is 0 Å². The van der Waals surface area contributed by atoms with Crippen LogP contribution in [-0.4, -0.2) is 18.2 Å². The standard InChI is InChI=1S/C21H25BrClN3O2S2/c1-20(2,3)16-12-17(21(4,5)6)26(24-16)14-9-7-13(8-10-14)25-30(27,28)18-11-15(22)19(23)29-18/h7-12,25H,1-6H3. The summed E-state index contributed by atoms with van der Waals surface area (Å²) >= 11 is 10.2. The second kappa shape index (κ2) is 7.97.